The van der Waals surface area contributed by atoms with Crippen LogP contribution in [0.4, 0.5) is 0 Å². The standard InChI is InChI=1S/C13H12ClNO.C12H14N2O.C4H6/c1-13(2-3-13)10-4-9(5-11(14)6-10)12-7-15-8-16-12;1-3-8-13-14-9-11-6-4-5-7-12(11)10(2)15;1-3-4-2/h4-8H,2-3H2,1H3;1,4-7,13-14H,8-9H2,2H3;3-4H,1-2H2. The van der Waals surface area contributed by atoms with Gasteiger partial charge in [0.1, 0.15) is 0 Å². The Hall–Kier alpha value is -3.43. The average molecular weight is 490 g/mol. The molecule has 1 aliphatic carbocycles. The molecule has 6 heteroatoms. The molecule has 0 atom stereocenters. The molecule has 0 unspecified atom stereocenters. The SMILES string of the molecule is C#CCNNCc1ccccc1C(C)=O.C=CC=C.CC1(c2cc(Cl)cc(-c3cnco3)c2)CC1. The summed E-state index contributed by atoms with van der Waals surface area (Å²) in [5, 5.41) is 0.761. The maximum Gasteiger partial charge on any atom is 0.181 e. The predicted molar refractivity (Wildman–Crippen MR) is 144 cm³/mol. The molecule has 1 aromatic heterocycles. The highest BCUT2D eigenvalue weighted by molar-refractivity contribution is 6.31. The molecule has 0 spiro atoms. The summed E-state index contributed by atoms with van der Waals surface area (Å²) in [5.41, 5.74) is 10.1. The highest BCUT2D eigenvalue weighted by Crippen LogP contribution is 2.48. The third-order valence-corrected chi connectivity index (χ3v) is 5.69. The van der Waals surface area contributed by atoms with Gasteiger partial charge in [-0.15, -0.1) is 6.42 Å². The second-order valence-corrected chi connectivity index (χ2v) is 8.69. The van der Waals surface area contributed by atoms with E-state index in [0.29, 0.717) is 18.5 Å². The number of aromatic nitrogens is 1. The van der Waals surface area contributed by atoms with Gasteiger partial charge >= 0.3 is 0 Å². The fraction of sp³-hybridized carbons (Fsp3) is 0.241. The maximum absolute atomic E-state index is 11.3. The molecule has 3 aromatic rings. The molecule has 4 rings (SSSR count). The number of halogens is 1. The minimum absolute atomic E-state index is 0.0735. The first-order chi connectivity index (χ1) is 16.8. The number of terminal acetylenes is 1. The first-order valence-electron chi connectivity index (χ1n) is 11.3. The summed E-state index contributed by atoms with van der Waals surface area (Å²) in [4.78, 5) is 15.2. The van der Waals surface area contributed by atoms with Gasteiger partial charge < -0.3 is 4.42 Å². The van der Waals surface area contributed by atoms with E-state index in [1.165, 1.54) is 24.8 Å². The lowest BCUT2D eigenvalue weighted by atomic mass is 9.96. The Morgan fingerprint density at radius 3 is 2.51 bits per heavy atom. The van der Waals surface area contributed by atoms with E-state index >= 15 is 0 Å². The van der Waals surface area contributed by atoms with Crippen molar-refractivity contribution in [3.05, 3.63) is 102 Å². The second kappa shape index (κ2) is 14.1. The Bertz CT molecular complexity index is 1150. The molecule has 35 heavy (non-hydrogen) atoms. The number of Topliss-reactive ketones (excluding diaryl/α,β-unsaturated/α-hetero) is 1. The van der Waals surface area contributed by atoms with Gasteiger partial charge in [-0.25, -0.2) is 10.4 Å². The molecule has 5 nitrogen and oxygen atoms in total. The van der Waals surface area contributed by atoms with E-state index in [2.05, 4.69) is 54.0 Å². The van der Waals surface area contributed by atoms with Crippen LogP contribution in [0.25, 0.3) is 11.3 Å². The lowest BCUT2D eigenvalue weighted by Gasteiger charge is -2.10. The summed E-state index contributed by atoms with van der Waals surface area (Å²) in [6.07, 6.45) is 14.0. The van der Waals surface area contributed by atoms with Crippen LogP contribution in [-0.4, -0.2) is 17.3 Å². The van der Waals surface area contributed by atoms with Crippen LogP contribution in [0.3, 0.4) is 0 Å². The molecule has 182 valence electrons. The number of rotatable bonds is 8. The second-order valence-electron chi connectivity index (χ2n) is 8.25. The van der Waals surface area contributed by atoms with Gasteiger partial charge in [0.05, 0.1) is 12.7 Å². The number of carbonyl (C=O) groups is 1. The molecule has 1 aliphatic rings. The summed E-state index contributed by atoms with van der Waals surface area (Å²) in [7, 11) is 0. The summed E-state index contributed by atoms with van der Waals surface area (Å²) in [5.74, 6) is 3.30. The smallest absolute Gasteiger partial charge is 0.181 e. The molecule has 1 heterocycles. The van der Waals surface area contributed by atoms with E-state index in [-0.39, 0.29) is 5.78 Å². The van der Waals surface area contributed by atoms with Crippen molar-refractivity contribution in [3.8, 4) is 23.7 Å². The lowest BCUT2D eigenvalue weighted by molar-refractivity contribution is 0.101. The number of allylic oxidation sites excluding steroid dienone is 2. The van der Waals surface area contributed by atoms with Crippen LogP contribution in [0.15, 0.2) is 84.8 Å². The van der Waals surface area contributed by atoms with Gasteiger partial charge in [-0.3, -0.25) is 10.2 Å². The van der Waals surface area contributed by atoms with Gasteiger partial charge in [-0.1, -0.05) is 74.0 Å². The quantitative estimate of drug-likeness (QED) is 0.124. The number of hydrogen-bond acceptors (Lipinski definition) is 5. The zero-order valence-corrected chi connectivity index (χ0v) is 21.1. The fourth-order valence-electron chi connectivity index (χ4n) is 3.20. The minimum Gasteiger partial charge on any atom is -0.444 e. The van der Waals surface area contributed by atoms with Crippen LogP contribution in [-0.2, 0) is 12.0 Å². The number of carbonyl (C=O) groups excluding carboxylic acids is 1. The summed E-state index contributed by atoms with van der Waals surface area (Å²) >= 11 is 6.14. The van der Waals surface area contributed by atoms with Crippen molar-refractivity contribution in [1.29, 1.82) is 0 Å². The highest BCUT2D eigenvalue weighted by Gasteiger charge is 2.39. The van der Waals surface area contributed by atoms with Crippen molar-refractivity contribution in [2.45, 2.75) is 38.6 Å². The van der Waals surface area contributed by atoms with Crippen LogP contribution in [0.5, 0.6) is 0 Å². The van der Waals surface area contributed by atoms with Gasteiger partial charge in [0.25, 0.3) is 0 Å². The summed E-state index contributed by atoms with van der Waals surface area (Å²) in [6, 6.07) is 13.6. The van der Waals surface area contributed by atoms with Gasteiger partial charge in [0, 0.05) is 22.7 Å². The van der Waals surface area contributed by atoms with E-state index in [1.807, 2.05) is 30.3 Å². The van der Waals surface area contributed by atoms with Gasteiger partial charge in [0.2, 0.25) is 0 Å². The maximum atomic E-state index is 11.3. The van der Waals surface area contributed by atoms with Gasteiger partial charge in [0.15, 0.2) is 17.9 Å². The van der Waals surface area contributed by atoms with Crippen molar-refractivity contribution in [2.75, 3.05) is 6.54 Å². The van der Waals surface area contributed by atoms with Crippen LogP contribution < -0.4 is 10.9 Å². The topological polar surface area (TPSA) is 67.2 Å². The molecule has 2 N–H and O–H groups in total. The normalized spacial score (nSPS) is 12.6. The molecule has 0 amide bonds. The van der Waals surface area contributed by atoms with Gasteiger partial charge in [-0.05, 0) is 54.5 Å². The van der Waals surface area contributed by atoms with E-state index in [4.69, 9.17) is 22.4 Å². The Morgan fingerprint density at radius 2 is 1.94 bits per heavy atom. The van der Waals surface area contributed by atoms with E-state index in [1.54, 1.807) is 25.3 Å². The molecule has 2 aromatic carbocycles. The third kappa shape index (κ3) is 9.03. The molecular weight excluding hydrogens is 458 g/mol. The zero-order valence-electron chi connectivity index (χ0n) is 20.3. The largest absolute Gasteiger partial charge is 0.444 e. The average Bonchev–Trinajstić information content (AvgIpc) is 3.38. The monoisotopic (exact) mass is 489 g/mol. The molecule has 1 saturated carbocycles. The number of oxazole rings is 1. The zero-order chi connectivity index (χ0) is 25.7. The van der Waals surface area contributed by atoms with Crippen molar-refractivity contribution < 1.29 is 9.21 Å². The molecular formula is C29H32ClN3O2. The first-order valence-corrected chi connectivity index (χ1v) is 11.6. The van der Waals surface area contributed by atoms with E-state index < -0.39 is 0 Å². The number of benzene rings is 2. The van der Waals surface area contributed by atoms with Crippen molar-refractivity contribution in [2.24, 2.45) is 0 Å². The Morgan fingerprint density at radius 1 is 1.23 bits per heavy atom. The van der Waals surface area contributed by atoms with Gasteiger partial charge in [-0.2, -0.15) is 0 Å². The van der Waals surface area contributed by atoms with Crippen molar-refractivity contribution >= 4 is 17.4 Å². The Labute approximate surface area is 213 Å². The number of hydrogen-bond donors (Lipinski definition) is 2. The predicted octanol–water partition coefficient (Wildman–Crippen LogP) is 6.52. The molecule has 0 aliphatic heterocycles. The Balaban J connectivity index is 0.000000215. The third-order valence-electron chi connectivity index (χ3n) is 5.47. The van der Waals surface area contributed by atoms with Crippen LogP contribution in [0.2, 0.25) is 5.02 Å². The number of ketones is 1. The highest BCUT2D eigenvalue weighted by atomic mass is 35.5. The number of hydrazine groups is 1. The van der Waals surface area contributed by atoms with Crippen LogP contribution in [0, 0.1) is 12.3 Å². The van der Waals surface area contributed by atoms with Crippen molar-refractivity contribution in [1.82, 2.24) is 15.8 Å². The fourth-order valence-corrected chi connectivity index (χ4v) is 3.44. The summed E-state index contributed by atoms with van der Waals surface area (Å²) < 4.78 is 5.29. The van der Waals surface area contributed by atoms with E-state index in [0.717, 1.165) is 27.5 Å². The van der Waals surface area contributed by atoms with Crippen LogP contribution >= 0.6 is 11.6 Å². The molecule has 0 bridgehead atoms. The Kier molecular flexibility index (Phi) is 11.2. The number of nitrogens with one attached hydrogen (secondary N) is 2. The summed E-state index contributed by atoms with van der Waals surface area (Å²) in [6.45, 7) is 11.6. The lowest BCUT2D eigenvalue weighted by Crippen LogP contribution is -2.31. The number of nitrogens with zero attached hydrogens (tertiary/aromatic N) is 1. The minimum atomic E-state index is 0.0735. The van der Waals surface area contributed by atoms with E-state index in [9.17, 15) is 4.79 Å². The molecule has 1 fully saturated rings. The molecule has 0 radical (unpaired) electrons. The van der Waals surface area contributed by atoms with Crippen molar-refractivity contribution in [3.63, 3.8) is 0 Å². The molecule has 0 saturated heterocycles. The van der Waals surface area contributed by atoms with Crippen LogP contribution in [0.1, 0.15) is 48.2 Å². The first kappa shape index (κ1) is 27.8.